The van der Waals surface area contributed by atoms with Crippen molar-refractivity contribution in [3.8, 4) is 11.1 Å². The lowest BCUT2D eigenvalue weighted by molar-refractivity contribution is 0.667. The fourth-order valence-corrected chi connectivity index (χ4v) is 6.54. The maximum Gasteiger partial charge on any atom is 0.159 e. The minimum atomic E-state index is 0.849. The standard InChI is InChI=1S/C40H25NO2/c1-3-12-26(13-4-1)34-25-38-39(32-18-8-7-16-29(32)34)33-19-11-20-35(40(33)43-38)41(27-14-5-2-6-15-27)28-22-23-31-30-17-9-10-21-36(30)42-37(31)24-28/h1-25H. The summed E-state index contributed by atoms with van der Waals surface area (Å²) in [5, 5.41) is 6.85. The van der Waals surface area contributed by atoms with Gasteiger partial charge in [-0.1, -0.05) is 103 Å². The van der Waals surface area contributed by atoms with E-state index in [0.29, 0.717) is 0 Å². The quantitative estimate of drug-likeness (QED) is 0.218. The molecule has 0 aliphatic rings. The van der Waals surface area contributed by atoms with Gasteiger partial charge >= 0.3 is 0 Å². The SMILES string of the molecule is c1ccc(-c2cc3oc4c(N(c5ccccc5)c5ccc6c(c5)oc5ccccc56)cccc4c3c3ccccc23)cc1. The van der Waals surface area contributed by atoms with E-state index >= 15 is 0 Å². The number of hydrogen-bond donors (Lipinski definition) is 0. The Bertz CT molecular complexity index is 2450. The van der Waals surface area contributed by atoms with Gasteiger partial charge in [-0.25, -0.2) is 0 Å². The molecule has 202 valence electrons. The third-order valence-corrected chi connectivity index (χ3v) is 8.44. The molecule has 0 radical (unpaired) electrons. The summed E-state index contributed by atoms with van der Waals surface area (Å²) in [5.41, 5.74) is 8.83. The van der Waals surface area contributed by atoms with E-state index < -0.39 is 0 Å². The smallest absolute Gasteiger partial charge is 0.159 e. The summed E-state index contributed by atoms with van der Waals surface area (Å²) in [6, 6.07) is 52.9. The van der Waals surface area contributed by atoms with Gasteiger partial charge in [-0.2, -0.15) is 0 Å². The summed E-state index contributed by atoms with van der Waals surface area (Å²) in [6.45, 7) is 0. The lowest BCUT2D eigenvalue weighted by atomic mass is 9.95. The van der Waals surface area contributed by atoms with Crippen molar-refractivity contribution >= 4 is 71.7 Å². The van der Waals surface area contributed by atoms with Crippen molar-refractivity contribution in [3.63, 3.8) is 0 Å². The molecule has 0 bridgehead atoms. The number of nitrogens with zero attached hydrogens (tertiary/aromatic N) is 1. The fraction of sp³-hybridized carbons (Fsp3) is 0. The van der Waals surface area contributed by atoms with Gasteiger partial charge in [-0.05, 0) is 64.4 Å². The first-order chi connectivity index (χ1) is 21.3. The minimum absolute atomic E-state index is 0.849. The van der Waals surface area contributed by atoms with E-state index in [4.69, 9.17) is 8.83 Å². The van der Waals surface area contributed by atoms with Crippen LogP contribution in [0.2, 0.25) is 0 Å². The van der Waals surface area contributed by atoms with Crippen molar-refractivity contribution in [1.82, 2.24) is 0 Å². The second-order valence-corrected chi connectivity index (χ2v) is 10.9. The Kier molecular flexibility index (Phi) is 5.20. The number of hydrogen-bond acceptors (Lipinski definition) is 3. The van der Waals surface area contributed by atoms with Gasteiger partial charge in [0.2, 0.25) is 0 Å². The summed E-state index contributed by atoms with van der Waals surface area (Å²) < 4.78 is 13.2. The summed E-state index contributed by atoms with van der Waals surface area (Å²) in [6.07, 6.45) is 0. The van der Waals surface area contributed by atoms with Crippen LogP contribution in [0.3, 0.4) is 0 Å². The molecule has 0 amide bonds. The first-order valence-electron chi connectivity index (χ1n) is 14.5. The molecule has 0 saturated carbocycles. The van der Waals surface area contributed by atoms with E-state index in [1.54, 1.807) is 0 Å². The van der Waals surface area contributed by atoms with E-state index in [1.807, 2.05) is 18.2 Å². The predicted octanol–water partition coefficient (Wildman–Crippen LogP) is 11.8. The predicted molar refractivity (Wildman–Crippen MR) is 179 cm³/mol. The van der Waals surface area contributed by atoms with Crippen molar-refractivity contribution in [2.45, 2.75) is 0 Å². The third kappa shape index (κ3) is 3.68. The first-order valence-corrected chi connectivity index (χ1v) is 14.5. The normalized spacial score (nSPS) is 11.7. The average Bonchev–Trinajstić information content (AvgIpc) is 3.64. The number of furan rings is 2. The highest BCUT2D eigenvalue weighted by atomic mass is 16.3. The first kappa shape index (κ1) is 23.9. The van der Waals surface area contributed by atoms with Crippen LogP contribution in [0, 0.1) is 0 Å². The molecule has 3 heteroatoms. The zero-order valence-electron chi connectivity index (χ0n) is 23.2. The average molecular weight is 552 g/mol. The second kappa shape index (κ2) is 9.37. The van der Waals surface area contributed by atoms with Crippen molar-refractivity contribution in [3.05, 3.63) is 152 Å². The maximum atomic E-state index is 6.85. The van der Waals surface area contributed by atoms with Gasteiger partial charge in [0.15, 0.2) is 5.58 Å². The molecule has 0 unspecified atom stereocenters. The van der Waals surface area contributed by atoms with E-state index in [0.717, 1.165) is 60.9 Å². The summed E-state index contributed by atoms with van der Waals surface area (Å²) in [7, 11) is 0. The molecular formula is C40H25NO2. The Morgan fingerprint density at radius 1 is 0.395 bits per heavy atom. The summed E-state index contributed by atoms with van der Waals surface area (Å²) in [4.78, 5) is 2.26. The molecule has 0 aliphatic heterocycles. The number of anilines is 3. The number of para-hydroxylation sites is 3. The highest BCUT2D eigenvalue weighted by Crippen LogP contribution is 2.46. The third-order valence-electron chi connectivity index (χ3n) is 8.44. The number of benzene rings is 7. The molecule has 0 atom stereocenters. The van der Waals surface area contributed by atoms with Gasteiger partial charge in [0, 0.05) is 33.3 Å². The molecule has 9 rings (SSSR count). The van der Waals surface area contributed by atoms with Crippen LogP contribution in [0.15, 0.2) is 160 Å². The van der Waals surface area contributed by atoms with E-state index in [2.05, 4.69) is 138 Å². The Hall–Kier alpha value is -5.80. The van der Waals surface area contributed by atoms with Gasteiger partial charge in [-0.15, -0.1) is 0 Å². The largest absolute Gasteiger partial charge is 0.456 e. The number of fused-ring (bicyclic) bond motifs is 8. The van der Waals surface area contributed by atoms with Gasteiger partial charge in [0.05, 0.1) is 11.4 Å². The summed E-state index contributed by atoms with van der Waals surface area (Å²) >= 11 is 0. The molecular weight excluding hydrogens is 526 g/mol. The van der Waals surface area contributed by atoms with Gasteiger partial charge in [0.25, 0.3) is 0 Å². The highest BCUT2D eigenvalue weighted by molar-refractivity contribution is 6.23. The lowest BCUT2D eigenvalue weighted by Crippen LogP contribution is -2.09. The molecule has 2 heterocycles. The van der Waals surface area contributed by atoms with Crippen molar-refractivity contribution in [2.75, 3.05) is 4.90 Å². The van der Waals surface area contributed by atoms with Crippen LogP contribution < -0.4 is 4.90 Å². The summed E-state index contributed by atoms with van der Waals surface area (Å²) in [5.74, 6) is 0. The molecule has 0 saturated heterocycles. The molecule has 7 aromatic carbocycles. The Balaban J connectivity index is 1.33. The van der Waals surface area contributed by atoms with Crippen molar-refractivity contribution in [1.29, 1.82) is 0 Å². The van der Waals surface area contributed by atoms with E-state index in [-0.39, 0.29) is 0 Å². The van der Waals surface area contributed by atoms with Crippen molar-refractivity contribution in [2.24, 2.45) is 0 Å². The second-order valence-electron chi connectivity index (χ2n) is 10.9. The monoisotopic (exact) mass is 551 g/mol. The van der Waals surface area contributed by atoms with Crippen LogP contribution in [-0.2, 0) is 0 Å². The Morgan fingerprint density at radius 2 is 1.07 bits per heavy atom. The molecule has 2 aromatic heterocycles. The molecule has 0 fully saturated rings. The molecule has 43 heavy (non-hydrogen) atoms. The zero-order chi connectivity index (χ0) is 28.3. The molecule has 0 N–H and O–H groups in total. The number of rotatable bonds is 4. The highest BCUT2D eigenvalue weighted by Gasteiger charge is 2.22. The van der Waals surface area contributed by atoms with Crippen LogP contribution in [0.4, 0.5) is 17.1 Å². The molecule has 9 aromatic rings. The molecule has 0 aliphatic carbocycles. The fourth-order valence-electron chi connectivity index (χ4n) is 6.54. The molecule has 0 spiro atoms. The lowest BCUT2D eigenvalue weighted by Gasteiger charge is -2.25. The Morgan fingerprint density at radius 3 is 1.91 bits per heavy atom. The maximum absolute atomic E-state index is 6.85. The Labute approximate surface area is 247 Å². The minimum Gasteiger partial charge on any atom is -0.456 e. The zero-order valence-corrected chi connectivity index (χ0v) is 23.2. The van der Waals surface area contributed by atoms with Gasteiger partial charge < -0.3 is 13.7 Å². The van der Waals surface area contributed by atoms with Crippen LogP contribution in [0.5, 0.6) is 0 Å². The van der Waals surface area contributed by atoms with E-state index in [1.165, 1.54) is 21.9 Å². The van der Waals surface area contributed by atoms with Crippen LogP contribution in [0.1, 0.15) is 0 Å². The van der Waals surface area contributed by atoms with Crippen LogP contribution in [-0.4, -0.2) is 0 Å². The van der Waals surface area contributed by atoms with Crippen molar-refractivity contribution < 1.29 is 8.83 Å². The van der Waals surface area contributed by atoms with Gasteiger partial charge in [0.1, 0.15) is 16.7 Å². The van der Waals surface area contributed by atoms with Crippen LogP contribution >= 0.6 is 0 Å². The van der Waals surface area contributed by atoms with Crippen LogP contribution in [0.25, 0.3) is 65.8 Å². The van der Waals surface area contributed by atoms with Gasteiger partial charge in [-0.3, -0.25) is 0 Å². The topological polar surface area (TPSA) is 29.5 Å². The van der Waals surface area contributed by atoms with E-state index in [9.17, 15) is 0 Å². The molecule has 3 nitrogen and oxygen atoms in total.